The number of nitrogens with zero attached hydrogens (tertiary/aromatic N) is 1. The molecule has 5 heteroatoms. The van der Waals surface area contributed by atoms with Crippen LogP contribution < -0.4 is 0 Å². The summed E-state index contributed by atoms with van der Waals surface area (Å²) in [5, 5.41) is 5.32. The Morgan fingerprint density at radius 1 is 1.22 bits per heavy atom. The molecule has 96 valence electrons. The number of aromatic nitrogens is 1. The highest BCUT2D eigenvalue weighted by Crippen LogP contribution is 2.27. The van der Waals surface area contributed by atoms with Gasteiger partial charge in [0, 0.05) is 27.1 Å². The molecular formula is C13H13Cl2NOS. The Hall–Kier alpha value is -0.640. The van der Waals surface area contributed by atoms with Gasteiger partial charge in [0.1, 0.15) is 5.76 Å². The van der Waals surface area contributed by atoms with Crippen molar-refractivity contribution in [3.05, 3.63) is 50.8 Å². The predicted molar refractivity (Wildman–Crippen MR) is 77.4 cm³/mol. The Bertz CT molecular complexity index is 534. The SMILES string of the molecule is Cc1noc(C)c1CSCc1ccc(Cl)cc1Cl. The van der Waals surface area contributed by atoms with E-state index < -0.39 is 0 Å². The Morgan fingerprint density at radius 3 is 2.61 bits per heavy atom. The fourth-order valence-electron chi connectivity index (χ4n) is 1.61. The highest BCUT2D eigenvalue weighted by molar-refractivity contribution is 7.97. The van der Waals surface area contributed by atoms with Gasteiger partial charge in [0.25, 0.3) is 0 Å². The minimum atomic E-state index is 0.666. The summed E-state index contributed by atoms with van der Waals surface area (Å²) in [6.07, 6.45) is 0. The smallest absolute Gasteiger partial charge is 0.137 e. The van der Waals surface area contributed by atoms with Crippen LogP contribution in [0.4, 0.5) is 0 Å². The minimum Gasteiger partial charge on any atom is -0.361 e. The topological polar surface area (TPSA) is 26.0 Å². The van der Waals surface area contributed by atoms with E-state index in [1.807, 2.05) is 26.0 Å². The Morgan fingerprint density at radius 2 is 2.00 bits per heavy atom. The first kappa shape index (κ1) is 13.8. The van der Waals surface area contributed by atoms with Gasteiger partial charge in [-0.3, -0.25) is 0 Å². The van der Waals surface area contributed by atoms with Gasteiger partial charge in [-0.15, -0.1) is 0 Å². The quantitative estimate of drug-likeness (QED) is 0.792. The van der Waals surface area contributed by atoms with Gasteiger partial charge < -0.3 is 4.52 Å². The van der Waals surface area contributed by atoms with E-state index in [0.29, 0.717) is 10.0 Å². The van der Waals surface area contributed by atoms with Gasteiger partial charge in [-0.25, -0.2) is 0 Å². The maximum Gasteiger partial charge on any atom is 0.137 e. The molecule has 0 aliphatic rings. The second-order valence-electron chi connectivity index (χ2n) is 4.03. The Kier molecular flexibility index (Phi) is 4.60. The molecule has 18 heavy (non-hydrogen) atoms. The molecule has 2 rings (SSSR count). The molecule has 0 aliphatic carbocycles. The molecule has 0 unspecified atom stereocenters. The molecule has 0 spiro atoms. The highest BCUT2D eigenvalue weighted by atomic mass is 35.5. The van der Waals surface area contributed by atoms with Gasteiger partial charge >= 0.3 is 0 Å². The highest BCUT2D eigenvalue weighted by Gasteiger charge is 2.09. The number of aryl methyl sites for hydroxylation is 2. The molecule has 0 bridgehead atoms. The summed E-state index contributed by atoms with van der Waals surface area (Å²) in [6.45, 7) is 3.90. The van der Waals surface area contributed by atoms with Crippen LogP contribution in [0.2, 0.25) is 10.0 Å². The normalized spacial score (nSPS) is 10.9. The third kappa shape index (κ3) is 3.22. The first-order valence-electron chi connectivity index (χ1n) is 5.51. The summed E-state index contributed by atoms with van der Waals surface area (Å²) >= 11 is 13.8. The average molecular weight is 302 g/mol. The van der Waals surface area contributed by atoms with Crippen molar-refractivity contribution in [2.45, 2.75) is 25.4 Å². The van der Waals surface area contributed by atoms with Crippen LogP contribution in [0.25, 0.3) is 0 Å². The molecule has 2 aromatic rings. The lowest BCUT2D eigenvalue weighted by Crippen LogP contribution is -1.87. The van der Waals surface area contributed by atoms with Gasteiger partial charge in [-0.2, -0.15) is 11.8 Å². The van der Waals surface area contributed by atoms with Crippen LogP contribution in [0.15, 0.2) is 22.7 Å². The lowest BCUT2D eigenvalue weighted by atomic mass is 10.2. The van der Waals surface area contributed by atoms with Crippen molar-refractivity contribution < 1.29 is 4.52 Å². The van der Waals surface area contributed by atoms with Crippen LogP contribution >= 0.6 is 35.0 Å². The third-order valence-corrected chi connectivity index (χ3v) is 4.30. The molecule has 1 aromatic heterocycles. The van der Waals surface area contributed by atoms with E-state index in [1.165, 1.54) is 5.56 Å². The van der Waals surface area contributed by atoms with Crippen LogP contribution in [0.5, 0.6) is 0 Å². The van der Waals surface area contributed by atoms with E-state index >= 15 is 0 Å². The second-order valence-corrected chi connectivity index (χ2v) is 5.86. The summed E-state index contributed by atoms with van der Waals surface area (Å²) in [7, 11) is 0. The van der Waals surface area contributed by atoms with E-state index in [9.17, 15) is 0 Å². The van der Waals surface area contributed by atoms with Gasteiger partial charge in [-0.05, 0) is 31.5 Å². The number of hydrogen-bond donors (Lipinski definition) is 0. The molecule has 0 fully saturated rings. The van der Waals surface area contributed by atoms with Gasteiger partial charge in [0.2, 0.25) is 0 Å². The molecule has 0 radical (unpaired) electrons. The number of rotatable bonds is 4. The molecule has 1 aromatic carbocycles. The van der Waals surface area contributed by atoms with Crippen molar-refractivity contribution in [2.24, 2.45) is 0 Å². The predicted octanol–water partition coefficient (Wildman–Crippen LogP) is 5.03. The molecule has 0 aliphatic heterocycles. The van der Waals surface area contributed by atoms with E-state index in [2.05, 4.69) is 5.16 Å². The Balaban J connectivity index is 1.96. The zero-order chi connectivity index (χ0) is 13.1. The van der Waals surface area contributed by atoms with Crippen LogP contribution in [-0.2, 0) is 11.5 Å². The number of benzene rings is 1. The van der Waals surface area contributed by atoms with Crippen molar-refractivity contribution in [1.29, 1.82) is 0 Å². The second kappa shape index (κ2) is 6.00. The van der Waals surface area contributed by atoms with Crippen LogP contribution in [0.3, 0.4) is 0 Å². The lowest BCUT2D eigenvalue weighted by Gasteiger charge is -2.04. The average Bonchev–Trinajstić information content (AvgIpc) is 2.63. The van der Waals surface area contributed by atoms with Crippen molar-refractivity contribution in [3.8, 4) is 0 Å². The van der Waals surface area contributed by atoms with Gasteiger partial charge in [-0.1, -0.05) is 34.4 Å². The summed E-state index contributed by atoms with van der Waals surface area (Å²) in [5.41, 5.74) is 3.23. The monoisotopic (exact) mass is 301 g/mol. The lowest BCUT2D eigenvalue weighted by molar-refractivity contribution is 0.392. The largest absolute Gasteiger partial charge is 0.361 e. The fourth-order valence-corrected chi connectivity index (χ4v) is 3.35. The molecule has 1 heterocycles. The zero-order valence-electron chi connectivity index (χ0n) is 10.2. The van der Waals surface area contributed by atoms with Crippen molar-refractivity contribution >= 4 is 35.0 Å². The van der Waals surface area contributed by atoms with Crippen molar-refractivity contribution in [1.82, 2.24) is 5.16 Å². The molecule has 0 saturated heterocycles. The summed E-state index contributed by atoms with van der Waals surface area (Å²) in [5.74, 6) is 2.61. The molecule has 2 nitrogen and oxygen atoms in total. The zero-order valence-corrected chi connectivity index (χ0v) is 12.5. The number of halogens is 2. The number of hydrogen-bond acceptors (Lipinski definition) is 3. The standard InChI is InChI=1S/C13H13Cl2NOS/c1-8-12(9(2)17-16-8)7-18-6-10-3-4-11(14)5-13(10)15/h3-5H,6-7H2,1-2H3. The van der Waals surface area contributed by atoms with Gasteiger partial charge in [0.05, 0.1) is 5.69 Å². The first-order valence-corrected chi connectivity index (χ1v) is 7.42. The summed E-state index contributed by atoms with van der Waals surface area (Å²) < 4.78 is 5.13. The van der Waals surface area contributed by atoms with E-state index in [1.54, 1.807) is 17.8 Å². The molecular weight excluding hydrogens is 289 g/mol. The fraction of sp³-hybridized carbons (Fsp3) is 0.308. The van der Waals surface area contributed by atoms with Crippen LogP contribution in [-0.4, -0.2) is 5.16 Å². The molecule has 0 amide bonds. The maximum absolute atomic E-state index is 6.12. The van der Waals surface area contributed by atoms with E-state index in [4.69, 9.17) is 27.7 Å². The Labute approximate surface area is 121 Å². The third-order valence-electron chi connectivity index (χ3n) is 2.70. The first-order chi connectivity index (χ1) is 8.58. The van der Waals surface area contributed by atoms with E-state index in [-0.39, 0.29) is 0 Å². The van der Waals surface area contributed by atoms with Crippen LogP contribution in [0, 0.1) is 13.8 Å². The van der Waals surface area contributed by atoms with Crippen molar-refractivity contribution in [3.63, 3.8) is 0 Å². The number of thioether (sulfide) groups is 1. The molecule has 0 atom stereocenters. The molecule has 0 N–H and O–H groups in total. The molecule has 0 saturated carbocycles. The van der Waals surface area contributed by atoms with Gasteiger partial charge in [0.15, 0.2) is 0 Å². The maximum atomic E-state index is 6.12. The van der Waals surface area contributed by atoms with Crippen molar-refractivity contribution in [2.75, 3.05) is 0 Å². The summed E-state index contributed by atoms with van der Waals surface area (Å²) in [4.78, 5) is 0. The van der Waals surface area contributed by atoms with Crippen LogP contribution in [0.1, 0.15) is 22.6 Å². The minimum absolute atomic E-state index is 0.666. The summed E-state index contributed by atoms with van der Waals surface area (Å²) in [6, 6.07) is 5.60. The van der Waals surface area contributed by atoms with E-state index in [0.717, 1.165) is 28.5 Å².